The zero-order valence-electron chi connectivity index (χ0n) is 7.75. The highest BCUT2D eigenvalue weighted by molar-refractivity contribution is 14.1. The molecular formula is C10H12INO. The third-order valence-corrected chi connectivity index (χ3v) is 2.04. The van der Waals surface area contributed by atoms with Crippen LogP contribution in [0.5, 0.6) is 0 Å². The number of hydrogen-bond acceptors (Lipinski definition) is 2. The van der Waals surface area contributed by atoms with Crippen LogP contribution < -0.4 is 0 Å². The van der Waals surface area contributed by atoms with E-state index >= 15 is 0 Å². The lowest BCUT2D eigenvalue weighted by Gasteiger charge is -2.00. The fraction of sp³-hybridized carbons (Fsp3) is 0.300. The molecule has 0 atom stereocenters. The Morgan fingerprint density at radius 3 is 2.85 bits per heavy atom. The topological polar surface area (TPSA) is 21.6 Å². The number of halogens is 1. The minimum absolute atomic E-state index is 0.544. The molecule has 0 aliphatic rings. The van der Waals surface area contributed by atoms with Crippen LogP contribution in [0.15, 0.2) is 29.4 Å². The van der Waals surface area contributed by atoms with Gasteiger partial charge >= 0.3 is 0 Å². The Morgan fingerprint density at radius 2 is 2.23 bits per heavy atom. The van der Waals surface area contributed by atoms with Crippen molar-refractivity contribution in [1.29, 1.82) is 0 Å². The molecule has 1 aromatic rings. The van der Waals surface area contributed by atoms with E-state index in [4.69, 9.17) is 4.84 Å². The minimum atomic E-state index is 0.544. The standard InChI is InChI=1S/C10H12INO/c1-8(2)12-13-7-9-4-3-5-10(11)6-9/h3-6H,7H2,1-2H3. The van der Waals surface area contributed by atoms with Crippen LogP contribution in [-0.2, 0) is 11.4 Å². The molecule has 0 unspecified atom stereocenters. The maximum Gasteiger partial charge on any atom is 0.142 e. The summed E-state index contributed by atoms with van der Waals surface area (Å²) in [6.45, 7) is 4.37. The van der Waals surface area contributed by atoms with Crippen molar-refractivity contribution in [2.45, 2.75) is 20.5 Å². The van der Waals surface area contributed by atoms with E-state index in [1.807, 2.05) is 26.0 Å². The molecule has 0 saturated carbocycles. The lowest BCUT2D eigenvalue weighted by molar-refractivity contribution is 0.130. The second-order valence-corrected chi connectivity index (χ2v) is 4.19. The molecule has 0 aliphatic heterocycles. The van der Waals surface area contributed by atoms with Gasteiger partial charge in [-0.2, -0.15) is 0 Å². The fourth-order valence-corrected chi connectivity index (χ4v) is 1.47. The molecule has 0 saturated heterocycles. The van der Waals surface area contributed by atoms with Crippen molar-refractivity contribution < 1.29 is 4.84 Å². The van der Waals surface area contributed by atoms with Crippen molar-refractivity contribution in [2.75, 3.05) is 0 Å². The SMILES string of the molecule is CC(C)=NOCc1cccc(I)c1. The normalized spacial score (nSPS) is 9.46. The van der Waals surface area contributed by atoms with Crippen molar-refractivity contribution in [3.8, 4) is 0 Å². The molecule has 0 bridgehead atoms. The van der Waals surface area contributed by atoms with Gasteiger partial charge in [-0.1, -0.05) is 17.3 Å². The van der Waals surface area contributed by atoms with Crippen molar-refractivity contribution in [3.05, 3.63) is 33.4 Å². The highest BCUT2D eigenvalue weighted by Gasteiger charge is 1.93. The van der Waals surface area contributed by atoms with Crippen LogP contribution in [0.2, 0.25) is 0 Å². The summed E-state index contributed by atoms with van der Waals surface area (Å²) in [5, 5.41) is 3.86. The van der Waals surface area contributed by atoms with E-state index in [1.54, 1.807) is 0 Å². The van der Waals surface area contributed by atoms with Gasteiger partial charge in [-0.3, -0.25) is 0 Å². The molecule has 2 nitrogen and oxygen atoms in total. The van der Waals surface area contributed by atoms with Crippen LogP contribution in [0.1, 0.15) is 19.4 Å². The van der Waals surface area contributed by atoms with Gasteiger partial charge in [0, 0.05) is 3.57 Å². The van der Waals surface area contributed by atoms with E-state index in [2.05, 4.69) is 39.9 Å². The predicted octanol–water partition coefficient (Wildman–Crippen LogP) is 3.20. The van der Waals surface area contributed by atoms with Crippen LogP contribution in [0.25, 0.3) is 0 Å². The maximum absolute atomic E-state index is 5.12. The summed E-state index contributed by atoms with van der Waals surface area (Å²) in [6.07, 6.45) is 0. The maximum atomic E-state index is 5.12. The fourth-order valence-electron chi connectivity index (χ4n) is 0.863. The zero-order chi connectivity index (χ0) is 9.68. The van der Waals surface area contributed by atoms with E-state index in [0.717, 1.165) is 11.3 Å². The average molecular weight is 289 g/mol. The molecule has 13 heavy (non-hydrogen) atoms. The van der Waals surface area contributed by atoms with Gasteiger partial charge < -0.3 is 4.84 Å². The highest BCUT2D eigenvalue weighted by Crippen LogP contribution is 2.08. The van der Waals surface area contributed by atoms with Gasteiger partial charge in [0.2, 0.25) is 0 Å². The molecule has 1 aromatic carbocycles. The van der Waals surface area contributed by atoms with E-state index in [1.165, 1.54) is 3.57 Å². The summed E-state index contributed by atoms with van der Waals surface area (Å²) in [4.78, 5) is 5.12. The van der Waals surface area contributed by atoms with Crippen LogP contribution in [0.4, 0.5) is 0 Å². The molecule has 0 spiro atoms. The Bertz CT molecular complexity index is 306. The number of oxime groups is 1. The van der Waals surface area contributed by atoms with Gasteiger partial charge in [-0.05, 0) is 54.1 Å². The molecule has 0 aromatic heterocycles. The third-order valence-electron chi connectivity index (χ3n) is 1.37. The van der Waals surface area contributed by atoms with Crippen LogP contribution in [-0.4, -0.2) is 5.71 Å². The lowest BCUT2D eigenvalue weighted by atomic mass is 10.2. The Balaban J connectivity index is 2.50. The molecule has 0 radical (unpaired) electrons. The summed E-state index contributed by atoms with van der Waals surface area (Å²) in [5.41, 5.74) is 2.09. The Labute approximate surface area is 92.1 Å². The van der Waals surface area contributed by atoms with Gasteiger partial charge in [0.05, 0.1) is 5.71 Å². The first-order valence-corrected chi connectivity index (χ1v) is 5.14. The summed E-state index contributed by atoms with van der Waals surface area (Å²) in [7, 11) is 0. The van der Waals surface area contributed by atoms with Crippen molar-refractivity contribution in [2.24, 2.45) is 5.16 Å². The van der Waals surface area contributed by atoms with Crippen molar-refractivity contribution >= 4 is 28.3 Å². The molecule has 0 heterocycles. The Morgan fingerprint density at radius 1 is 1.46 bits per heavy atom. The van der Waals surface area contributed by atoms with Crippen molar-refractivity contribution in [3.63, 3.8) is 0 Å². The number of hydrogen-bond donors (Lipinski definition) is 0. The van der Waals surface area contributed by atoms with Gasteiger partial charge in [0.25, 0.3) is 0 Å². The summed E-state index contributed by atoms with van der Waals surface area (Å²) in [5.74, 6) is 0. The third kappa shape index (κ3) is 4.26. The molecule has 70 valence electrons. The quantitative estimate of drug-likeness (QED) is 0.475. The molecule has 0 aliphatic carbocycles. The Hall–Kier alpha value is -0.580. The predicted molar refractivity (Wildman–Crippen MR) is 62.7 cm³/mol. The zero-order valence-corrected chi connectivity index (χ0v) is 9.91. The molecule has 0 amide bonds. The van der Waals surface area contributed by atoms with Gasteiger partial charge in [0.1, 0.15) is 6.61 Å². The van der Waals surface area contributed by atoms with E-state index in [-0.39, 0.29) is 0 Å². The summed E-state index contributed by atoms with van der Waals surface area (Å²) in [6, 6.07) is 8.19. The second kappa shape index (κ2) is 5.21. The lowest BCUT2D eigenvalue weighted by Crippen LogP contribution is -1.90. The van der Waals surface area contributed by atoms with Crippen LogP contribution in [0.3, 0.4) is 0 Å². The molecule has 0 N–H and O–H groups in total. The molecule has 3 heteroatoms. The van der Waals surface area contributed by atoms with Crippen LogP contribution >= 0.6 is 22.6 Å². The van der Waals surface area contributed by atoms with Crippen LogP contribution in [0, 0.1) is 3.57 Å². The number of rotatable bonds is 3. The number of nitrogens with zero attached hydrogens (tertiary/aromatic N) is 1. The first-order valence-electron chi connectivity index (χ1n) is 4.06. The largest absolute Gasteiger partial charge is 0.391 e. The van der Waals surface area contributed by atoms with E-state index in [0.29, 0.717) is 6.61 Å². The second-order valence-electron chi connectivity index (χ2n) is 2.94. The Kier molecular flexibility index (Phi) is 4.21. The molecular weight excluding hydrogens is 277 g/mol. The van der Waals surface area contributed by atoms with E-state index < -0.39 is 0 Å². The van der Waals surface area contributed by atoms with Gasteiger partial charge in [0.15, 0.2) is 0 Å². The highest BCUT2D eigenvalue weighted by atomic mass is 127. The summed E-state index contributed by atoms with van der Waals surface area (Å²) >= 11 is 2.28. The first-order chi connectivity index (χ1) is 6.18. The summed E-state index contributed by atoms with van der Waals surface area (Å²) < 4.78 is 1.22. The monoisotopic (exact) mass is 289 g/mol. The molecule has 0 fully saturated rings. The van der Waals surface area contributed by atoms with Crippen molar-refractivity contribution in [1.82, 2.24) is 0 Å². The smallest absolute Gasteiger partial charge is 0.142 e. The first kappa shape index (κ1) is 10.5. The van der Waals surface area contributed by atoms with Gasteiger partial charge in [-0.15, -0.1) is 0 Å². The van der Waals surface area contributed by atoms with E-state index in [9.17, 15) is 0 Å². The number of benzene rings is 1. The average Bonchev–Trinajstić information content (AvgIpc) is 2.03. The van der Waals surface area contributed by atoms with Gasteiger partial charge in [-0.25, -0.2) is 0 Å². The molecule has 1 rings (SSSR count). The minimum Gasteiger partial charge on any atom is -0.391 e.